The van der Waals surface area contributed by atoms with Crippen LogP contribution in [0, 0.1) is 0 Å². The second-order valence-electron chi connectivity index (χ2n) is 8.88. The number of benzene rings is 1. The minimum absolute atomic E-state index is 0.0133. The highest BCUT2D eigenvalue weighted by Crippen LogP contribution is 2.32. The third kappa shape index (κ3) is 5.37. The number of anilines is 2. The molecule has 3 N–H and O–H groups in total. The lowest BCUT2D eigenvalue weighted by Gasteiger charge is -2.32. The predicted octanol–water partition coefficient (Wildman–Crippen LogP) is 2.95. The van der Waals surface area contributed by atoms with Crippen LogP contribution >= 0.6 is 23.2 Å². The lowest BCUT2D eigenvalue weighted by Crippen LogP contribution is -2.40. The first-order valence-electron chi connectivity index (χ1n) is 11.5. The number of nitrogens with two attached hydrogens (primary N) is 1. The molecule has 13 heteroatoms. The average molecular weight is 545 g/mol. The van der Waals surface area contributed by atoms with E-state index in [1.54, 1.807) is 29.7 Å². The molecule has 0 aliphatic carbocycles. The smallest absolute Gasteiger partial charge is 0.277 e. The Bertz CT molecular complexity index is 1400. The van der Waals surface area contributed by atoms with Gasteiger partial charge in [-0.3, -0.25) is 14.4 Å². The number of carbonyl (C=O) groups excluding carboxylic acids is 3. The van der Waals surface area contributed by atoms with Gasteiger partial charge in [-0.15, -0.1) is 0 Å². The quantitative estimate of drug-likeness (QED) is 0.454. The van der Waals surface area contributed by atoms with Crippen molar-refractivity contribution in [2.24, 2.45) is 0 Å². The van der Waals surface area contributed by atoms with Crippen molar-refractivity contribution in [3.63, 3.8) is 0 Å². The van der Waals surface area contributed by atoms with Crippen molar-refractivity contribution in [3.8, 4) is 0 Å². The Morgan fingerprint density at radius 2 is 2.00 bits per heavy atom. The van der Waals surface area contributed by atoms with Crippen molar-refractivity contribution in [2.45, 2.75) is 25.3 Å². The molecular formula is C24H26Cl2N8O3. The van der Waals surface area contributed by atoms with Gasteiger partial charge in [-0.1, -0.05) is 29.8 Å². The topological polar surface area (TPSA) is 139 Å². The Hall–Kier alpha value is -3.70. The molecule has 0 spiro atoms. The van der Waals surface area contributed by atoms with E-state index in [1.807, 2.05) is 0 Å². The second-order valence-corrected chi connectivity index (χ2v) is 9.69. The Morgan fingerprint density at radius 3 is 2.70 bits per heavy atom. The number of likely N-dealkylation sites (tertiary alicyclic amines) is 1. The molecule has 1 aliphatic rings. The maximum absolute atomic E-state index is 13.4. The standard InChI is InChI=1S/C24H26Cl2N8O3/c1-4-18(35)33-7-5-6-14(11-33)34-23-20(22(27)28-12-29-23)21(31-34)24(37)30-17-10-15(25)13(8-16(17)26)9-19(36)32(2)3/h4,8,10,12,14H,1,5-7,9,11H2,2-3H3,(H,30,37)(H2,27,28,29). The van der Waals surface area contributed by atoms with Gasteiger partial charge >= 0.3 is 0 Å². The largest absolute Gasteiger partial charge is 0.383 e. The molecule has 1 atom stereocenters. The van der Waals surface area contributed by atoms with Crippen LogP contribution in [0.15, 0.2) is 31.1 Å². The summed E-state index contributed by atoms with van der Waals surface area (Å²) in [6.07, 6.45) is 4.13. The molecule has 11 nitrogen and oxygen atoms in total. The molecule has 0 bridgehead atoms. The van der Waals surface area contributed by atoms with Gasteiger partial charge < -0.3 is 20.9 Å². The number of hydrogen-bond donors (Lipinski definition) is 2. The molecule has 1 saturated heterocycles. The zero-order valence-corrected chi connectivity index (χ0v) is 21.9. The maximum atomic E-state index is 13.4. The van der Waals surface area contributed by atoms with Crippen LogP contribution in [0.4, 0.5) is 11.5 Å². The van der Waals surface area contributed by atoms with E-state index < -0.39 is 5.91 Å². The van der Waals surface area contributed by atoms with E-state index in [4.69, 9.17) is 28.9 Å². The highest BCUT2D eigenvalue weighted by Gasteiger charge is 2.29. The Balaban J connectivity index is 1.66. The summed E-state index contributed by atoms with van der Waals surface area (Å²) in [6, 6.07) is 2.81. The van der Waals surface area contributed by atoms with Crippen LogP contribution in [0.1, 0.15) is 34.9 Å². The molecule has 4 rings (SSSR count). The van der Waals surface area contributed by atoms with E-state index in [-0.39, 0.29) is 51.5 Å². The lowest BCUT2D eigenvalue weighted by atomic mass is 10.1. The van der Waals surface area contributed by atoms with Gasteiger partial charge in [0, 0.05) is 32.2 Å². The number of halogens is 2. The van der Waals surface area contributed by atoms with Crippen molar-refractivity contribution in [2.75, 3.05) is 38.2 Å². The molecule has 3 amide bonds. The van der Waals surface area contributed by atoms with Gasteiger partial charge in [-0.2, -0.15) is 5.10 Å². The highest BCUT2D eigenvalue weighted by atomic mass is 35.5. The number of nitrogens with zero attached hydrogens (tertiary/aromatic N) is 6. The van der Waals surface area contributed by atoms with Gasteiger partial charge in [-0.25, -0.2) is 14.6 Å². The van der Waals surface area contributed by atoms with Gasteiger partial charge in [0.2, 0.25) is 11.8 Å². The third-order valence-corrected chi connectivity index (χ3v) is 6.85. The molecule has 0 saturated carbocycles. The number of amides is 3. The number of piperidine rings is 1. The maximum Gasteiger partial charge on any atom is 0.277 e. The predicted molar refractivity (Wildman–Crippen MR) is 142 cm³/mol. The molecule has 37 heavy (non-hydrogen) atoms. The minimum atomic E-state index is -0.588. The first-order chi connectivity index (χ1) is 17.6. The van der Waals surface area contributed by atoms with Crippen LogP contribution in [-0.2, 0) is 16.0 Å². The zero-order valence-electron chi connectivity index (χ0n) is 20.4. The molecule has 1 aliphatic heterocycles. The minimum Gasteiger partial charge on any atom is -0.383 e. The van der Waals surface area contributed by atoms with Gasteiger partial charge in [0.1, 0.15) is 12.1 Å². The number of likely N-dealkylation sites (N-methyl/N-ethyl adjacent to an activating group) is 1. The van der Waals surface area contributed by atoms with Crippen molar-refractivity contribution in [1.29, 1.82) is 0 Å². The van der Waals surface area contributed by atoms with E-state index in [0.717, 1.165) is 12.8 Å². The highest BCUT2D eigenvalue weighted by molar-refractivity contribution is 6.36. The van der Waals surface area contributed by atoms with Crippen LogP contribution in [0.2, 0.25) is 10.0 Å². The fraction of sp³-hybridized carbons (Fsp3) is 0.333. The van der Waals surface area contributed by atoms with Gasteiger partial charge in [0.15, 0.2) is 11.3 Å². The first kappa shape index (κ1) is 26.4. The molecule has 1 unspecified atom stereocenters. The Morgan fingerprint density at radius 1 is 1.24 bits per heavy atom. The number of fused-ring (bicyclic) bond motifs is 1. The van der Waals surface area contributed by atoms with E-state index in [2.05, 4.69) is 27.0 Å². The summed E-state index contributed by atoms with van der Waals surface area (Å²) in [7, 11) is 3.29. The summed E-state index contributed by atoms with van der Waals surface area (Å²) in [4.78, 5) is 49.1. The summed E-state index contributed by atoms with van der Waals surface area (Å²) < 4.78 is 1.62. The van der Waals surface area contributed by atoms with Crippen molar-refractivity contribution in [1.82, 2.24) is 29.5 Å². The molecule has 3 aromatic rings. The number of carbonyl (C=O) groups is 3. The van der Waals surface area contributed by atoms with Crippen LogP contribution in [0.3, 0.4) is 0 Å². The number of nitrogens with one attached hydrogen (secondary N) is 1. The van der Waals surface area contributed by atoms with Gasteiger partial charge in [0.25, 0.3) is 5.91 Å². The molecular weight excluding hydrogens is 519 g/mol. The van der Waals surface area contributed by atoms with E-state index >= 15 is 0 Å². The summed E-state index contributed by atoms with van der Waals surface area (Å²) >= 11 is 12.8. The summed E-state index contributed by atoms with van der Waals surface area (Å²) in [5.41, 5.74) is 7.31. The normalized spacial score (nSPS) is 15.5. The number of aromatic nitrogens is 4. The van der Waals surface area contributed by atoms with Crippen LogP contribution in [-0.4, -0.2) is 74.5 Å². The third-order valence-electron chi connectivity index (χ3n) is 6.19. The monoisotopic (exact) mass is 544 g/mol. The van der Waals surface area contributed by atoms with Gasteiger partial charge in [0.05, 0.1) is 28.6 Å². The average Bonchev–Trinajstić information content (AvgIpc) is 3.27. The fourth-order valence-corrected chi connectivity index (χ4v) is 4.68. The Kier molecular flexibility index (Phi) is 7.65. The SMILES string of the molecule is C=CC(=O)N1CCCC(n2nc(C(=O)Nc3cc(Cl)c(CC(=O)N(C)C)cc3Cl)c3c(N)ncnc32)C1. The fourth-order valence-electron chi connectivity index (χ4n) is 4.21. The van der Waals surface area contributed by atoms with Crippen molar-refractivity contribution >= 4 is 63.5 Å². The van der Waals surface area contributed by atoms with E-state index in [1.165, 1.54) is 23.4 Å². The summed E-state index contributed by atoms with van der Waals surface area (Å²) in [6.45, 7) is 4.56. The molecule has 0 radical (unpaired) electrons. The number of hydrogen-bond acceptors (Lipinski definition) is 7. The summed E-state index contributed by atoms with van der Waals surface area (Å²) in [5, 5.41) is 8.06. The summed E-state index contributed by atoms with van der Waals surface area (Å²) in [5.74, 6) is -0.804. The molecule has 2 aromatic heterocycles. The van der Waals surface area contributed by atoms with Crippen LogP contribution in [0.25, 0.3) is 11.0 Å². The van der Waals surface area contributed by atoms with Gasteiger partial charge in [-0.05, 0) is 36.6 Å². The molecule has 1 aromatic carbocycles. The molecule has 1 fully saturated rings. The Labute approximate surface area is 223 Å². The number of nitrogen functional groups attached to an aromatic ring is 1. The van der Waals surface area contributed by atoms with Crippen molar-refractivity contribution < 1.29 is 14.4 Å². The molecule has 3 heterocycles. The first-order valence-corrected chi connectivity index (χ1v) is 12.3. The zero-order chi connectivity index (χ0) is 26.9. The lowest BCUT2D eigenvalue weighted by molar-refractivity contribution is -0.128. The van der Waals surface area contributed by atoms with E-state index in [0.29, 0.717) is 29.7 Å². The van der Waals surface area contributed by atoms with E-state index in [9.17, 15) is 14.4 Å². The second kappa shape index (κ2) is 10.7. The van der Waals surface area contributed by atoms with Crippen molar-refractivity contribution in [3.05, 3.63) is 52.4 Å². The molecule has 194 valence electrons. The number of rotatable bonds is 6. The van der Waals surface area contributed by atoms with Crippen LogP contribution in [0.5, 0.6) is 0 Å². The van der Waals surface area contributed by atoms with Crippen LogP contribution < -0.4 is 11.1 Å².